The van der Waals surface area contributed by atoms with Crippen LogP contribution in [0, 0.1) is 5.82 Å². The van der Waals surface area contributed by atoms with E-state index in [0.717, 1.165) is 26.2 Å². The first-order valence-electron chi connectivity index (χ1n) is 10.3. The molecule has 0 radical (unpaired) electrons. The first-order valence-corrected chi connectivity index (χ1v) is 10.3. The number of nitrogens with zero attached hydrogens (tertiary/aromatic N) is 3. The Bertz CT molecular complexity index is 790. The van der Waals surface area contributed by atoms with Gasteiger partial charge in [0.25, 0.3) is 0 Å². The molecule has 0 aromatic heterocycles. The fourth-order valence-electron chi connectivity index (χ4n) is 3.51. The van der Waals surface area contributed by atoms with Gasteiger partial charge in [0.2, 0.25) is 0 Å². The molecule has 0 spiro atoms. The van der Waals surface area contributed by atoms with E-state index in [-0.39, 0.29) is 5.82 Å². The molecule has 6 heteroatoms. The minimum Gasteiger partial charge on any atom is -0.352 e. The van der Waals surface area contributed by atoms with Crippen molar-refractivity contribution in [3.63, 3.8) is 0 Å². The summed E-state index contributed by atoms with van der Waals surface area (Å²) in [7, 11) is 3.92. The predicted octanol–water partition coefficient (Wildman–Crippen LogP) is 2.83. The molecule has 2 aromatic carbocycles. The van der Waals surface area contributed by atoms with Gasteiger partial charge in [-0.3, -0.25) is 9.89 Å². The van der Waals surface area contributed by atoms with Crippen molar-refractivity contribution in [1.29, 1.82) is 0 Å². The molecule has 0 saturated carbocycles. The Morgan fingerprint density at radius 3 is 2.41 bits per heavy atom. The highest BCUT2D eigenvalue weighted by Crippen LogP contribution is 2.10. The Morgan fingerprint density at radius 1 is 0.931 bits per heavy atom. The highest BCUT2D eigenvalue weighted by atomic mass is 19.1. The third kappa shape index (κ3) is 6.84. The van der Waals surface area contributed by atoms with Gasteiger partial charge in [-0.2, -0.15) is 0 Å². The minimum atomic E-state index is -0.206. The van der Waals surface area contributed by atoms with Crippen molar-refractivity contribution in [3.8, 4) is 0 Å². The molecule has 3 rings (SSSR count). The van der Waals surface area contributed by atoms with E-state index in [4.69, 9.17) is 0 Å². The SMILES string of the molecule is CN=C(NCc1ccc(CN2CCCN(C)CC2)cc1)NCc1ccccc1F. The van der Waals surface area contributed by atoms with Crippen molar-refractivity contribution < 1.29 is 4.39 Å². The van der Waals surface area contributed by atoms with Gasteiger partial charge in [-0.25, -0.2) is 4.39 Å². The maximum Gasteiger partial charge on any atom is 0.191 e. The molecule has 156 valence electrons. The zero-order valence-corrected chi connectivity index (χ0v) is 17.5. The van der Waals surface area contributed by atoms with E-state index in [1.807, 2.05) is 6.07 Å². The van der Waals surface area contributed by atoms with Gasteiger partial charge < -0.3 is 15.5 Å². The Morgan fingerprint density at radius 2 is 1.66 bits per heavy atom. The standard InChI is InChI=1S/C23H32FN5/c1-25-23(27-17-21-6-3-4-7-22(21)24)26-16-19-8-10-20(11-9-19)18-29-13-5-12-28(2)14-15-29/h3-4,6-11H,5,12-18H2,1-2H3,(H2,25,26,27). The molecule has 29 heavy (non-hydrogen) atoms. The van der Waals surface area contributed by atoms with E-state index in [2.05, 4.69) is 56.7 Å². The van der Waals surface area contributed by atoms with Crippen LogP contribution in [-0.4, -0.2) is 56.0 Å². The van der Waals surface area contributed by atoms with Crippen LogP contribution in [0.15, 0.2) is 53.5 Å². The molecule has 1 aliphatic heterocycles. The Kier molecular flexibility index (Phi) is 8.02. The Balaban J connectivity index is 1.45. The summed E-state index contributed by atoms with van der Waals surface area (Å²) in [4.78, 5) is 9.16. The number of aliphatic imine (C=N–C) groups is 1. The van der Waals surface area contributed by atoms with Crippen LogP contribution in [0.3, 0.4) is 0 Å². The molecule has 2 aromatic rings. The van der Waals surface area contributed by atoms with Crippen molar-refractivity contribution in [2.75, 3.05) is 40.3 Å². The van der Waals surface area contributed by atoms with Crippen molar-refractivity contribution in [2.45, 2.75) is 26.1 Å². The zero-order chi connectivity index (χ0) is 20.5. The number of benzene rings is 2. The van der Waals surface area contributed by atoms with E-state index in [9.17, 15) is 4.39 Å². The Hall–Kier alpha value is -2.44. The molecule has 0 aliphatic carbocycles. The Labute approximate surface area is 173 Å². The predicted molar refractivity (Wildman–Crippen MR) is 117 cm³/mol. The van der Waals surface area contributed by atoms with Crippen LogP contribution in [0.5, 0.6) is 0 Å². The number of hydrogen-bond acceptors (Lipinski definition) is 3. The number of nitrogens with one attached hydrogen (secondary N) is 2. The largest absolute Gasteiger partial charge is 0.352 e. The average molecular weight is 398 g/mol. The maximum atomic E-state index is 13.7. The second kappa shape index (κ2) is 10.9. The van der Waals surface area contributed by atoms with E-state index < -0.39 is 0 Å². The van der Waals surface area contributed by atoms with Gasteiger partial charge in [-0.15, -0.1) is 0 Å². The molecule has 2 N–H and O–H groups in total. The van der Waals surface area contributed by atoms with Crippen LogP contribution in [-0.2, 0) is 19.6 Å². The fraction of sp³-hybridized carbons (Fsp3) is 0.435. The normalized spacial score (nSPS) is 16.4. The molecule has 0 atom stereocenters. The number of halogens is 1. The van der Waals surface area contributed by atoms with Crippen molar-refractivity contribution in [3.05, 3.63) is 71.0 Å². The highest BCUT2D eigenvalue weighted by molar-refractivity contribution is 5.79. The molecular weight excluding hydrogens is 365 g/mol. The van der Waals surface area contributed by atoms with E-state index in [1.54, 1.807) is 19.2 Å². The van der Waals surface area contributed by atoms with Crippen LogP contribution in [0.1, 0.15) is 23.1 Å². The third-order valence-corrected chi connectivity index (χ3v) is 5.33. The molecular formula is C23H32FN5. The highest BCUT2D eigenvalue weighted by Gasteiger charge is 2.12. The van der Waals surface area contributed by atoms with Crippen LogP contribution in [0.25, 0.3) is 0 Å². The number of hydrogen-bond donors (Lipinski definition) is 2. The summed E-state index contributed by atoms with van der Waals surface area (Å²) in [6.07, 6.45) is 1.23. The molecule has 1 heterocycles. The van der Waals surface area contributed by atoms with Crippen molar-refractivity contribution in [1.82, 2.24) is 20.4 Å². The lowest BCUT2D eigenvalue weighted by molar-refractivity contribution is 0.269. The second-order valence-electron chi connectivity index (χ2n) is 7.62. The lowest BCUT2D eigenvalue weighted by atomic mass is 10.1. The number of rotatable bonds is 6. The summed E-state index contributed by atoms with van der Waals surface area (Å²) in [6.45, 7) is 6.70. The number of likely N-dealkylation sites (N-methyl/N-ethyl adjacent to an activating group) is 1. The van der Waals surface area contributed by atoms with Gasteiger partial charge in [0, 0.05) is 45.3 Å². The first-order chi connectivity index (χ1) is 14.1. The minimum absolute atomic E-state index is 0.206. The molecule has 1 aliphatic rings. The quantitative estimate of drug-likeness (QED) is 0.581. The maximum absolute atomic E-state index is 13.7. The van der Waals surface area contributed by atoms with E-state index in [1.165, 1.54) is 30.2 Å². The second-order valence-corrected chi connectivity index (χ2v) is 7.62. The van der Waals surface area contributed by atoms with Gasteiger partial charge >= 0.3 is 0 Å². The molecule has 5 nitrogen and oxygen atoms in total. The van der Waals surface area contributed by atoms with Crippen molar-refractivity contribution >= 4 is 5.96 Å². The monoisotopic (exact) mass is 397 g/mol. The van der Waals surface area contributed by atoms with Gasteiger partial charge in [0.15, 0.2) is 5.96 Å². The summed E-state index contributed by atoms with van der Waals surface area (Å²) in [5, 5.41) is 6.45. The van der Waals surface area contributed by atoms with Gasteiger partial charge in [0.1, 0.15) is 5.82 Å². The summed E-state index contributed by atoms with van der Waals surface area (Å²) >= 11 is 0. The molecule has 1 fully saturated rings. The zero-order valence-electron chi connectivity index (χ0n) is 17.5. The lowest BCUT2D eigenvalue weighted by Gasteiger charge is -2.20. The summed E-state index contributed by atoms with van der Waals surface area (Å²) in [5.74, 6) is 0.452. The van der Waals surface area contributed by atoms with E-state index >= 15 is 0 Å². The number of guanidine groups is 1. The summed E-state index contributed by atoms with van der Waals surface area (Å²) in [6, 6.07) is 15.5. The molecule has 0 bridgehead atoms. The molecule has 1 saturated heterocycles. The summed E-state index contributed by atoms with van der Waals surface area (Å²) < 4.78 is 13.7. The van der Waals surface area contributed by atoms with Crippen molar-refractivity contribution in [2.24, 2.45) is 4.99 Å². The van der Waals surface area contributed by atoms with Crippen LogP contribution in [0.4, 0.5) is 4.39 Å². The van der Waals surface area contributed by atoms with Gasteiger partial charge in [-0.05, 0) is 43.8 Å². The summed E-state index contributed by atoms with van der Waals surface area (Å²) in [5.41, 5.74) is 3.16. The van der Waals surface area contributed by atoms with E-state index in [0.29, 0.717) is 24.6 Å². The average Bonchev–Trinajstić information content (AvgIpc) is 2.94. The van der Waals surface area contributed by atoms with Crippen LogP contribution < -0.4 is 10.6 Å². The first kappa shape index (κ1) is 21.3. The van der Waals surface area contributed by atoms with Gasteiger partial charge in [0.05, 0.1) is 0 Å². The van der Waals surface area contributed by atoms with Crippen LogP contribution >= 0.6 is 0 Å². The van der Waals surface area contributed by atoms with Gasteiger partial charge in [-0.1, -0.05) is 42.5 Å². The van der Waals surface area contributed by atoms with Crippen LogP contribution in [0.2, 0.25) is 0 Å². The molecule has 0 amide bonds. The molecule has 0 unspecified atom stereocenters. The fourth-order valence-corrected chi connectivity index (χ4v) is 3.51. The third-order valence-electron chi connectivity index (χ3n) is 5.33. The topological polar surface area (TPSA) is 42.9 Å². The smallest absolute Gasteiger partial charge is 0.191 e. The lowest BCUT2D eigenvalue weighted by Crippen LogP contribution is -2.36.